The molecule has 2 aliphatic carbocycles. The average Bonchev–Trinajstić information content (AvgIpc) is 3.06. The van der Waals surface area contributed by atoms with Gasteiger partial charge in [0.2, 0.25) is 0 Å². The molecular weight excluding hydrogens is 338 g/mol. The minimum absolute atomic E-state index is 0.00200. The van der Waals surface area contributed by atoms with E-state index in [9.17, 15) is 0 Å². The summed E-state index contributed by atoms with van der Waals surface area (Å²) in [6, 6.07) is 22.5. The van der Waals surface area contributed by atoms with Crippen molar-refractivity contribution in [3.63, 3.8) is 0 Å². The van der Waals surface area contributed by atoms with Gasteiger partial charge < -0.3 is 0 Å². The Balaban J connectivity index is 1.77. The zero-order valence-corrected chi connectivity index (χ0v) is 16.8. The molecule has 0 unspecified atom stereocenters. The number of benzene rings is 3. The summed E-state index contributed by atoms with van der Waals surface area (Å²) in [6.45, 7) is 9.44. The van der Waals surface area contributed by atoms with Crippen LogP contribution in [0.2, 0.25) is 0 Å². The third-order valence-electron chi connectivity index (χ3n) is 7.07. The Hall–Kier alpha value is -2.93. The highest BCUT2D eigenvalue weighted by Crippen LogP contribution is 2.58. The van der Waals surface area contributed by atoms with E-state index in [0.717, 1.165) is 5.69 Å². The van der Waals surface area contributed by atoms with E-state index in [0.29, 0.717) is 0 Å². The van der Waals surface area contributed by atoms with Crippen molar-refractivity contribution >= 4 is 10.8 Å². The van der Waals surface area contributed by atoms with Crippen molar-refractivity contribution in [1.82, 2.24) is 4.98 Å². The Kier molecular flexibility index (Phi) is 2.82. The van der Waals surface area contributed by atoms with Gasteiger partial charge in [0.25, 0.3) is 0 Å². The van der Waals surface area contributed by atoms with Crippen LogP contribution in [-0.4, -0.2) is 4.98 Å². The molecule has 1 aromatic heterocycles. The highest BCUT2D eigenvalue weighted by atomic mass is 14.7. The van der Waals surface area contributed by atoms with E-state index in [1.165, 1.54) is 49.7 Å². The predicted molar refractivity (Wildman–Crippen MR) is 117 cm³/mol. The molecule has 0 atom stereocenters. The first-order chi connectivity index (χ1) is 13.4. The Labute approximate surface area is 166 Å². The lowest BCUT2D eigenvalue weighted by Gasteiger charge is -2.25. The molecule has 6 rings (SSSR count). The molecule has 1 heteroatoms. The number of fused-ring (bicyclic) bond motifs is 8. The van der Waals surface area contributed by atoms with Crippen LogP contribution in [0.25, 0.3) is 33.2 Å². The van der Waals surface area contributed by atoms with Crippen LogP contribution in [0.3, 0.4) is 0 Å². The molecule has 0 bridgehead atoms. The third-order valence-corrected chi connectivity index (χ3v) is 7.07. The maximum Gasteiger partial charge on any atom is 0.0746 e. The van der Waals surface area contributed by atoms with Gasteiger partial charge in [-0.3, -0.25) is 4.98 Å². The molecule has 3 aromatic carbocycles. The van der Waals surface area contributed by atoms with Gasteiger partial charge in [-0.05, 0) is 62.4 Å². The Morgan fingerprint density at radius 2 is 1.39 bits per heavy atom. The third kappa shape index (κ3) is 1.75. The van der Waals surface area contributed by atoms with Crippen LogP contribution >= 0.6 is 0 Å². The van der Waals surface area contributed by atoms with E-state index in [1.54, 1.807) is 0 Å². The standard InChI is InChI=1S/C27H23N/c1-26(2)20-12-11-18-24(27(3,4)21-10-7-13-28-25(18)21)23(20)19-14-16-8-5-6-9-17(16)15-22(19)26/h5-15H,1-4H3. The van der Waals surface area contributed by atoms with Crippen molar-refractivity contribution in [3.8, 4) is 22.4 Å². The molecule has 1 heterocycles. The Morgan fingerprint density at radius 3 is 2.18 bits per heavy atom. The molecule has 0 amide bonds. The van der Waals surface area contributed by atoms with Gasteiger partial charge in [-0.25, -0.2) is 0 Å². The van der Waals surface area contributed by atoms with E-state index in [2.05, 4.69) is 88.4 Å². The second-order valence-corrected chi connectivity index (χ2v) is 9.31. The van der Waals surface area contributed by atoms with Crippen LogP contribution in [0.4, 0.5) is 0 Å². The molecule has 0 aliphatic heterocycles. The molecule has 0 fully saturated rings. The van der Waals surface area contributed by atoms with Crippen molar-refractivity contribution < 1.29 is 0 Å². The van der Waals surface area contributed by atoms with Gasteiger partial charge in [0.05, 0.1) is 5.69 Å². The molecular formula is C27H23N. The van der Waals surface area contributed by atoms with Crippen molar-refractivity contribution in [3.05, 3.63) is 89.1 Å². The maximum atomic E-state index is 4.76. The summed E-state index contributed by atoms with van der Waals surface area (Å²) < 4.78 is 0. The molecule has 0 saturated heterocycles. The molecule has 0 radical (unpaired) electrons. The largest absolute Gasteiger partial charge is 0.256 e. The summed E-state index contributed by atoms with van der Waals surface area (Å²) in [5, 5.41) is 2.64. The van der Waals surface area contributed by atoms with Gasteiger partial charge in [-0.2, -0.15) is 0 Å². The van der Waals surface area contributed by atoms with E-state index < -0.39 is 0 Å². The molecule has 4 aromatic rings. The summed E-state index contributed by atoms with van der Waals surface area (Å²) >= 11 is 0. The van der Waals surface area contributed by atoms with Crippen molar-refractivity contribution in [2.75, 3.05) is 0 Å². The lowest BCUT2D eigenvalue weighted by atomic mass is 9.77. The summed E-state index contributed by atoms with van der Waals surface area (Å²) in [6.07, 6.45) is 1.92. The molecule has 2 aliphatic rings. The number of rotatable bonds is 0. The minimum Gasteiger partial charge on any atom is -0.256 e. The minimum atomic E-state index is -0.0480. The van der Waals surface area contributed by atoms with Gasteiger partial charge in [0.1, 0.15) is 0 Å². The smallest absolute Gasteiger partial charge is 0.0746 e. The fraction of sp³-hybridized carbons (Fsp3) is 0.222. The lowest BCUT2D eigenvalue weighted by molar-refractivity contribution is 0.647. The number of aromatic nitrogens is 1. The van der Waals surface area contributed by atoms with Gasteiger partial charge >= 0.3 is 0 Å². The van der Waals surface area contributed by atoms with Crippen molar-refractivity contribution in [1.29, 1.82) is 0 Å². The van der Waals surface area contributed by atoms with E-state index in [4.69, 9.17) is 4.98 Å². The summed E-state index contributed by atoms with van der Waals surface area (Å²) in [4.78, 5) is 4.76. The average molecular weight is 361 g/mol. The van der Waals surface area contributed by atoms with Gasteiger partial charge in [-0.1, -0.05) is 70.2 Å². The van der Waals surface area contributed by atoms with Crippen LogP contribution in [0.1, 0.15) is 49.9 Å². The Morgan fingerprint density at radius 1 is 0.643 bits per heavy atom. The van der Waals surface area contributed by atoms with E-state index in [1.807, 2.05) is 6.20 Å². The second-order valence-electron chi connectivity index (χ2n) is 9.31. The summed E-state index contributed by atoms with van der Waals surface area (Å²) in [5.41, 5.74) is 10.9. The maximum absolute atomic E-state index is 4.76. The molecule has 28 heavy (non-hydrogen) atoms. The quantitative estimate of drug-likeness (QED) is 0.334. The molecule has 1 nitrogen and oxygen atoms in total. The van der Waals surface area contributed by atoms with Gasteiger partial charge in [0.15, 0.2) is 0 Å². The topological polar surface area (TPSA) is 12.9 Å². The highest BCUT2D eigenvalue weighted by Gasteiger charge is 2.44. The van der Waals surface area contributed by atoms with Crippen LogP contribution < -0.4 is 0 Å². The van der Waals surface area contributed by atoms with Crippen LogP contribution in [0, 0.1) is 0 Å². The first-order valence-electron chi connectivity index (χ1n) is 10.1. The zero-order valence-electron chi connectivity index (χ0n) is 16.8. The zero-order chi connectivity index (χ0) is 19.3. The monoisotopic (exact) mass is 361 g/mol. The summed E-state index contributed by atoms with van der Waals surface area (Å²) in [5.74, 6) is 0. The number of nitrogens with zero attached hydrogens (tertiary/aromatic N) is 1. The fourth-order valence-electron chi connectivity index (χ4n) is 5.62. The second kappa shape index (κ2) is 4.91. The SMILES string of the molecule is CC1(C)c2cc3ccccc3cc2-c2c1ccc1c2C(C)(C)c2cccnc2-1. The van der Waals surface area contributed by atoms with Crippen LogP contribution in [0.5, 0.6) is 0 Å². The molecule has 0 spiro atoms. The fourth-order valence-corrected chi connectivity index (χ4v) is 5.62. The van der Waals surface area contributed by atoms with Gasteiger partial charge in [-0.15, -0.1) is 0 Å². The Bertz CT molecular complexity index is 1310. The van der Waals surface area contributed by atoms with Crippen LogP contribution in [-0.2, 0) is 10.8 Å². The number of hydrogen-bond acceptors (Lipinski definition) is 1. The lowest BCUT2D eigenvalue weighted by Crippen LogP contribution is -2.18. The molecule has 0 saturated carbocycles. The predicted octanol–water partition coefficient (Wildman–Crippen LogP) is 6.85. The number of pyridine rings is 1. The van der Waals surface area contributed by atoms with E-state index in [-0.39, 0.29) is 10.8 Å². The first-order valence-corrected chi connectivity index (χ1v) is 10.1. The highest BCUT2D eigenvalue weighted by molar-refractivity contribution is 5.98. The van der Waals surface area contributed by atoms with Crippen molar-refractivity contribution in [2.24, 2.45) is 0 Å². The van der Waals surface area contributed by atoms with Crippen molar-refractivity contribution in [2.45, 2.75) is 38.5 Å². The normalized spacial score (nSPS) is 17.1. The van der Waals surface area contributed by atoms with Crippen LogP contribution in [0.15, 0.2) is 66.9 Å². The van der Waals surface area contributed by atoms with Gasteiger partial charge in [0, 0.05) is 22.6 Å². The molecule has 0 N–H and O–H groups in total. The van der Waals surface area contributed by atoms with E-state index >= 15 is 0 Å². The number of hydrogen-bond donors (Lipinski definition) is 0. The molecule has 136 valence electrons. The first kappa shape index (κ1) is 16.1. The summed E-state index contributed by atoms with van der Waals surface area (Å²) in [7, 11) is 0.